The second kappa shape index (κ2) is 5.21. The maximum absolute atomic E-state index is 12.4. The Bertz CT molecular complexity index is 867. The van der Waals surface area contributed by atoms with E-state index in [-0.39, 0.29) is 4.90 Å². The van der Waals surface area contributed by atoms with E-state index in [1.807, 2.05) is 25.3 Å². The Kier molecular flexibility index (Phi) is 3.39. The van der Waals surface area contributed by atoms with Crippen molar-refractivity contribution in [2.24, 2.45) is 0 Å². The van der Waals surface area contributed by atoms with Crippen LogP contribution in [0.4, 0.5) is 5.69 Å². The number of hydrogen-bond acceptors (Lipinski definition) is 3. The molecule has 0 radical (unpaired) electrons. The highest BCUT2D eigenvalue weighted by atomic mass is 32.2. The smallest absolute Gasteiger partial charge is 0.262 e. The van der Waals surface area contributed by atoms with Gasteiger partial charge in [0.25, 0.3) is 10.0 Å². The van der Waals surface area contributed by atoms with Crippen LogP contribution in [0.3, 0.4) is 0 Å². The monoisotopic (exact) mass is 301 g/mol. The second-order valence-corrected chi connectivity index (χ2v) is 6.37. The highest BCUT2D eigenvalue weighted by Gasteiger charge is 2.15. The predicted octanol–water partition coefficient (Wildman–Crippen LogP) is 2.70. The van der Waals surface area contributed by atoms with Crippen molar-refractivity contribution in [2.75, 3.05) is 4.72 Å². The topological polar surface area (TPSA) is 63.5 Å². The Labute approximate surface area is 123 Å². The number of nitrogens with zero attached hydrogens (tertiary/aromatic N) is 2. The van der Waals surface area contributed by atoms with E-state index >= 15 is 0 Å². The number of fused-ring (bicyclic) bond motifs is 1. The van der Waals surface area contributed by atoms with Gasteiger partial charge in [-0.2, -0.15) is 0 Å². The van der Waals surface area contributed by atoms with Crippen molar-refractivity contribution in [3.8, 4) is 0 Å². The van der Waals surface area contributed by atoms with E-state index in [0.29, 0.717) is 11.3 Å². The van der Waals surface area contributed by atoms with Crippen LogP contribution in [0, 0.1) is 0 Å². The number of anilines is 1. The Morgan fingerprint density at radius 1 is 1.14 bits per heavy atom. The number of rotatable bonds is 4. The minimum Gasteiger partial charge on any atom is -0.305 e. The maximum atomic E-state index is 12.4. The van der Waals surface area contributed by atoms with Gasteiger partial charge >= 0.3 is 0 Å². The number of sulfonamides is 1. The van der Waals surface area contributed by atoms with Crippen molar-refractivity contribution in [1.29, 1.82) is 0 Å². The lowest BCUT2D eigenvalue weighted by Crippen LogP contribution is -2.13. The molecule has 0 aliphatic heterocycles. The molecule has 5 nitrogen and oxygen atoms in total. The summed E-state index contributed by atoms with van der Waals surface area (Å²) >= 11 is 0. The Morgan fingerprint density at radius 2 is 1.90 bits per heavy atom. The van der Waals surface area contributed by atoms with Gasteiger partial charge in [-0.25, -0.2) is 13.4 Å². The number of aromatic nitrogens is 2. The van der Waals surface area contributed by atoms with Crippen LogP contribution in [0.25, 0.3) is 5.65 Å². The van der Waals surface area contributed by atoms with Gasteiger partial charge < -0.3 is 4.40 Å². The molecule has 0 saturated heterocycles. The molecule has 6 heteroatoms. The quantitative estimate of drug-likeness (QED) is 0.806. The van der Waals surface area contributed by atoms with Gasteiger partial charge in [0.2, 0.25) is 0 Å². The van der Waals surface area contributed by atoms with Gasteiger partial charge in [0.15, 0.2) is 5.65 Å². The summed E-state index contributed by atoms with van der Waals surface area (Å²) in [5.41, 5.74) is 2.14. The zero-order chi connectivity index (χ0) is 14.9. The van der Waals surface area contributed by atoms with Crippen molar-refractivity contribution >= 4 is 21.4 Å². The summed E-state index contributed by atoms with van der Waals surface area (Å²) in [5.74, 6) is 0. The molecule has 0 aliphatic rings. The highest BCUT2D eigenvalue weighted by Crippen LogP contribution is 2.20. The Balaban J connectivity index is 1.97. The molecule has 0 unspecified atom stereocenters. The average molecular weight is 301 g/mol. The van der Waals surface area contributed by atoms with Crippen LogP contribution < -0.4 is 4.72 Å². The van der Waals surface area contributed by atoms with Crippen LogP contribution >= 0.6 is 0 Å². The molecule has 21 heavy (non-hydrogen) atoms. The van der Waals surface area contributed by atoms with E-state index in [0.717, 1.165) is 12.0 Å². The van der Waals surface area contributed by atoms with Gasteiger partial charge in [-0.1, -0.05) is 19.1 Å². The Hall–Kier alpha value is -2.34. The number of benzene rings is 1. The fraction of sp³-hybridized carbons (Fsp3) is 0.133. The van der Waals surface area contributed by atoms with Crippen LogP contribution in [0.15, 0.2) is 59.9 Å². The van der Waals surface area contributed by atoms with Crippen LogP contribution in [-0.4, -0.2) is 17.8 Å². The van der Waals surface area contributed by atoms with E-state index < -0.39 is 10.0 Å². The predicted molar refractivity (Wildman–Crippen MR) is 81.8 cm³/mol. The second-order valence-electron chi connectivity index (χ2n) is 4.68. The third-order valence-electron chi connectivity index (χ3n) is 3.31. The first-order valence-corrected chi connectivity index (χ1v) is 8.12. The molecule has 0 spiro atoms. The average Bonchev–Trinajstić information content (AvgIpc) is 2.97. The van der Waals surface area contributed by atoms with Crippen LogP contribution in [0.1, 0.15) is 12.5 Å². The number of aryl methyl sites for hydroxylation is 1. The lowest BCUT2D eigenvalue weighted by atomic mass is 10.2. The van der Waals surface area contributed by atoms with E-state index in [4.69, 9.17) is 0 Å². The van der Waals surface area contributed by atoms with Crippen molar-refractivity contribution in [3.05, 3.63) is 60.6 Å². The lowest BCUT2D eigenvalue weighted by molar-refractivity contribution is 0.601. The zero-order valence-corrected chi connectivity index (χ0v) is 12.3. The van der Waals surface area contributed by atoms with Crippen molar-refractivity contribution in [1.82, 2.24) is 9.38 Å². The molecule has 1 aromatic carbocycles. The molecule has 0 aliphatic carbocycles. The van der Waals surface area contributed by atoms with Gasteiger partial charge in [-0.05, 0) is 36.2 Å². The number of hydrogen-bond donors (Lipinski definition) is 1. The molecule has 3 rings (SSSR count). The molecular weight excluding hydrogens is 286 g/mol. The highest BCUT2D eigenvalue weighted by molar-refractivity contribution is 7.92. The summed E-state index contributed by atoms with van der Waals surface area (Å²) in [5, 5.41) is 0. The Morgan fingerprint density at radius 3 is 2.62 bits per heavy atom. The molecule has 2 heterocycles. The summed E-state index contributed by atoms with van der Waals surface area (Å²) in [7, 11) is -3.61. The fourth-order valence-electron chi connectivity index (χ4n) is 2.14. The SMILES string of the molecule is CCc1ccc(S(=O)(=O)Nc2cccn3ccnc23)cc1. The summed E-state index contributed by atoms with van der Waals surface area (Å²) < 4.78 is 29.2. The van der Waals surface area contributed by atoms with Crippen molar-refractivity contribution < 1.29 is 8.42 Å². The number of imidazole rings is 1. The molecule has 0 atom stereocenters. The zero-order valence-electron chi connectivity index (χ0n) is 11.5. The van der Waals surface area contributed by atoms with Gasteiger partial charge in [0.05, 0.1) is 10.6 Å². The molecule has 0 bridgehead atoms. The lowest BCUT2D eigenvalue weighted by Gasteiger charge is -2.09. The third kappa shape index (κ3) is 2.62. The summed E-state index contributed by atoms with van der Waals surface area (Å²) in [4.78, 5) is 4.40. The fourth-order valence-corrected chi connectivity index (χ4v) is 3.20. The number of pyridine rings is 1. The molecule has 0 fully saturated rings. The molecule has 0 amide bonds. The number of nitrogens with one attached hydrogen (secondary N) is 1. The molecular formula is C15H15N3O2S. The first kappa shape index (κ1) is 13.6. The summed E-state index contributed by atoms with van der Waals surface area (Å²) in [6, 6.07) is 10.3. The normalized spacial score (nSPS) is 11.7. The van der Waals surface area contributed by atoms with Gasteiger partial charge in [-0.15, -0.1) is 0 Å². The largest absolute Gasteiger partial charge is 0.305 e. The standard InChI is InChI=1S/C15H15N3O2S/c1-2-12-5-7-13(8-6-12)21(19,20)17-14-4-3-10-18-11-9-16-15(14)18/h3-11,17H,2H2,1H3. The van der Waals surface area contributed by atoms with E-state index in [9.17, 15) is 8.42 Å². The molecule has 1 N–H and O–H groups in total. The van der Waals surface area contributed by atoms with Crippen molar-refractivity contribution in [2.45, 2.75) is 18.2 Å². The maximum Gasteiger partial charge on any atom is 0.262 e. The van der Waals surface area contributed by atoms with Gasteiger partial charge in [0, 0.05) is 18.6 Å². The first-order valence-electron chi connectivity index (χ1n) is 6.63. The van der Waals surface area contributed by atoms with Crippen LogP contribution in [0.2, 0.25) is 0 Å². The summed E-state index contributed by atoms with van der Waals surface area (Å²) in [6.45, 7) is 2.03. The van der Waals surface area contributed by atoms with E-state index in [2.05, 4.69) is 9.71 Å². The molecule has 2 aromatic heterocycles. The molecule has 0 saturated carbocycles. The van der Waals surface area contributed by atoms with E-state index in [1.165, 1.54) is 0 Å². The van der Waals surface area contributed by atoms with Gasteiger partial charge in [-0.3, -0.25) is 4.72 Å². The van der Waals surface area contributed by atoms with Crippen molar-refractivity contribution in [3.63, 3.8) is 0 Å². The van der Waals surface area contributed by atoms with E-state index in [1.54, 1.807) is 41.1 Å². The van der Waals surface area contributed by atoms with Crippen LogP contribution in [0.5, 0.6) is 0 Å². The summed E-state index contributed by atoms with van der Waals surface area (Å²) in [6.07, 6.45) is 6.09. The molecule has 3 aromatic rings. The minimum absolute atomic E-state index is 0.244. The first-order chi connectivity index (χ1) is 10.1. The molecule has 108 valence electrons. The van der Waals surface area contributed by atoms with Gasteiger partial charge in [0.1, 0.15) is 0 Å². The minimum atomic E-state index is -3.61. The van der Waals surface area contributed by atoms with Crippen LogP contribution in [-0.2, 0) is 16.4 Å². The third-order valence-corrected chi connectivity index (χ3v) is 4.69.